The van der Waals surface area contributed by atoms with Crippen LogP contribution in [0.4, 0.5) is 11.4 Å². The summed E-state index contributed by atoms with van der Waals surface area (Å²) in [5.41, 5.74) is 1.21. The molecule has 3 amide bonds. The minimum Gasteiger partial charge on any atom is -0.387 e. The van der Waals surface area contributed by atoms with E-state index >= 15 is 0 Å². The van der Waals surface area contributed by atoms with Crippen LogP contribution in [0.2, 0.25) is 0 Å². The molecule has 1 aromatic carbocycles. The highest BCUT2D eigenvalue weighted by Crippen LogP contribution is 2.31. The van der Waals surface area contributed by atoms with Crippen molar-refractivity contribution in [2.45, 2.75) is 39.2 Å². The number of carbonyl (C=O) groups excluding carboxylic acids is 3. The van der Waals surface area contributed by atoms with Gasteiger partial charge in [0.2, 0.25) is 5.91 Å². The standard InChI is InChI=1S/C20H29N3O4S/c1-13(2)19(26)23-9-5-6-14-7-8-15(10-16(14)23)22-18(25)17(24)21-11-20(3,27)12-28-4/h7-8,10,13,27H,5-6,9,11-12H2,1-4H3,(H,21,24)(H,22,25). The van der Waals surface area contributed by atoms with Crippen molar-refractivity contribution in [1.29, 1.82) is 0 Å². The van der Waals surface area contributed by atoms with Gasteiger partial charge in [0, 0.05) is 36.1 Å². The number of rotatable bonds is 6. The summed E-state index contributed by atoms with van der Waals surface area (Å²) in [5.74, 6) is -1.26. The highest BCUT2D eigenvalue weighted by Gasteiger charge is 2.26. The third-order valence-corrected chi connectivity index (χ3v) is 5.42. The quantitative estimate of drug-likeness (QED) is 0.625. The van der Waals surface area contributed by atoms with Crippen molar-refractivity contribution in [1.82, 2.24) is 5.32 Å². The zero-order chi connectivity index (χ0) is 20.9. The Hall–Kier alpha value is -2.06. The SMILES string of the molecule is CSCC(C)(O)CNC(=O)C(=O)Nc1ccc2c(c1)N(C(=O)C(C)C)CCC2. The molecule has 1 atom stereocenters. The Labute approximate surface area is 170 Å². The number of hydrogen-bond acceptors (Lipinski definition) is 5. The van der Waals surface area contributed by atoms with Gasteiger partial charge in [0.15, 0.2) is 0 Å². The molecule has 1 aromatic rings. The molecule has 0 saturated carbocycles. The lowest BCUT2D eigenvalue weighted by Gasteiger charge is -2.31. The molecule has 1 aliphatic rings. The second-order valence-corrected chi connectivity index (χ2v) is 8.52. The predicted octanol–water partition coefficient (Wildman–Crippen LogP) is 1.79. The summed E-state index contributed by atoms with van der Waals surface area (Å²) in [6, 6.07) is 5.35. The van der Waals surface area contributed by atoms with Gasteiger partial charge in [-0.15, -0.1) is 0 Å². The molecule has 3 N–H and O–H groups in total. The summed E-state index contributed by atoms with van der Waals surface area (Å²) in [7, 11) is 0. The van der Waals surface area contributed by atoms with Crippen molar-refractivity contribution in [2.75, 3.05) is 35.3 Å². The number of nitrogens with zero attached hydrogens (tertiary/aromatic N) is 1. The normalized spacial score (nSPS) is 15.6. The number of aryl methyl sites for hydroxylation is 1. The number of carbonyl (C=O) groups is 3. The summed E-state index contributed by atoms with van der Waals surface area (Å²) in [4.78, 5) is 38.5. The van der Waals surface area contributed by atoms with Gasteiger partial charge in [-0.3, -0.25) is 14.4 Å². The highest BCUT2D eigenvalue weighted by atomic mass is 32.2. The van der Waals surface area contributed by atoms with E-state index in [0.29, 0.717) is 18.0 Å². The number of anilines is 2. The van der Waals surface area contributed by atoms with E-state index in [0.717, 1.165) is 24.1 Å². The van der Waals surface area contributed by atoms with E-state index in [9.17, 15) is 19.5 Å². The van der Waals surface area contributed by atoms with Crippen LogP contribution in [0, 0.1) is 5.92 Å². The van der Waals surface area contributed by atoms with Gasteiger partial charge in [-0.25, -0.2) is 0 Å². The van der Waals surface area contributed by atoms with Crippen LogP contribution < -0.4 is 15.5 Å². The maximum atomic E-state index is 12.5. The fraction of sp³-hybridized carbons (Fsp3) is 0.550. The predicted molar refractivity (Wildman–Crippen MR) is 113 cm³/mol. The zero-order valence-electron chi connectivity index (χ0n) is 16.9. The number of thioether (sulfide) groups is 1. The van der Waals surface area contributed by atoms with Crippen LogP contribution in [-0.4, -0.2) is 53.5 Å². The number of fused-ring (bicyclic) bond motifs is 1. The van der Waals surface area contributed by atoms with Crippen LogP contribution in [0.15, 0.2) is 18.2 Å². The molecule has 1 unspecified atom stereocenters. The molecule has 0 aliphatic carbocycles. The molecule has 0 aromatic heterocycles. The molecule has 0 saturated heterocycles. The number of amides is 3. The lowest BCUT2D eigenvalue weighted by atomic mass is 9.99. The molecule has 154 valence electrons. The lowest BCUT2D eigenvalue weighted by molar-refractivity contribution is -0.136. The molecule has 1 aliphatic heterocycles. The van der Waals surface area contributed by atoms with Gasteiger partial charge in [-0.2, -0.15) is 11.8 Å². The van der Waals surface area contributed by atoms with Crippen LogP contribution in [0.5, 0.6) is 0 Å². The van der Waals surface area contributed by atoms with Gasteiger partial charge in [0.1, 0.15) is 0 Å². The minimum absolute atomic E-state index is 0.0129. The Balaban J connectivity index is 2.06. The topological polar surface area (TPSA) is 98.7 Å². The third kappa shape index (κ3) is 5.72. The van der Waals surface area contributed by atoms with Crippen molar-refractivity contribution >= 4 is 40.9 Å². The van der Waals surface area contributed by atoms with E-state index in [1.54, 1.807) is 24.0 Å². The smallest absolute Gasteiger partial charge is 0.313 e. The first-order chi connectivity index (χ1) is 13.1. The van der Waals surface area contributed by atoms with Crippen LogP contribution in [0.1, 0.15) is 32.8 Å². The largest absolute Gasteiger partial charge is 0.387 e. The minimum atomic E-state index is -1.08. The van der Waals surface area contributed by atoms with Crippen LogP contribution >= 0.6 is 11.8 Å². The molecule has 0 spiro atoms. The van der Waals surface area contributed by atoms with Gasteiger partial charge in [-0.05, 0) is 43.7 Å². The van der Waals surface area contributed by atoms with Crippen molar-refractivity contribution < 1.29 is 19.5 Å². The number of hydrogen-bond donors (Lipinski definition) is 3. The number of aliphatic hydroxyl groups is 1. The first-order valence-corrected chi connectivity index (χ1v) is 10.8. The zero-order valence-corrected chi connectivity index (χ0v) is 17.7. The van der Waals surface area contributed by atoms with E-state index < -0.39 is 17.4 Å². The van der Waals surface area contributed by atoms with Gasteiger partial charge >= 0.3 is 11.8 Å². The Kier molecular flexibility index (Phi) is 7.48. The van der Waals surface area contributed by atoms with E-state index in [1.807, 2.05) is 26.2 Å². The van der Waals surface area contributed by atoms with Gasteiger partial charge in [0.25, 0.3) is 0 Å². The summed E-state index contributed by atoms with van der Waals surface area (Å²) in [5, 5.41) is 15.1. The third-order valence-electron chi connectivity index (χ3n) is 4.51. The second-order valence-electron chi connectivity index (χ2n) is 7.66. The summed E-state index contributed by atoms with van der Waals surface area (Å²) in [6.07, 6.45) is 3.62. The van der Waals surface area contributed by atoms with Crippen molar-refractivity contribution in [3.8, 4) is 0 Å². The summed E-state index contributed by atoms with van der Waals surface area (Å²) < 4.78 is 0. The Morgan fingerprint density at radius 1 is 1.29 bits per heavy atom. The van der Waals surface area contributed by atoms with Crippen LogP contribution in [0.3, 0.4) is 0 Å². The first kappa shape index (κ1) is 22.2. The van der Waals surface area contributed by atoms with Crippen molar-refractivity contribution in [3.05, 3.63) is 23.8 Å². The average molecular weight is 408 g/mol. The maximum Gasteiger partial charge on any atom is 0.313 e. The number of benzene rings is 1. The maximum absolute atomic E-state index is 12.5. The fourth-order valence-electron chi connectivity index (χ4n) is 3.09. The molecule has 8 heteroatoms. The Morgan fingerprint density at radius 2 is 2.00 bits per heavy atom. The molecular weight excluding hydrogens is 378 g/mol. The lowest BCUT2D eigenvalue weighted by Crippen LogP contribution is -2.45. The second kappa shape index (κ2) is 9.43. The molecule has 2 rings (SSSR count). The van der Waals surface area contributed by atoms with Gasteiger partial charge in [0.05, 0.1) is 5.60 Å². The molecule has 0 radical (unpaired) electrons. The Morgan fingerprint density at radius 3 is 2.64 bits per heavy atom. The van der Waals surface area contributed by atoms with Crippen LogP contribution in [-0.2, 0) is 20.8 Å². The first-order valence-electron chi connectivity index (χ1n) is 9.39. The average Bonchev–Trinajstić information content (AvgIpc) is 2.64. The van der Waals surface area contributed by atoms with Crippen molar-refractivity contribution in [3.63, 3.8) is 0 Å². The van der Waals surface area contributed by atoms with E-state index in [1.165, 1.54) is 11.8 Å². The molecule has 0 bridgehead atoms. The van der Waals surface area contributed by atoms with E-state index in [-0.39, 0.29) is 18.4 Å². The Bertz CT molecular complexity index is 749. The van der Waals surface area contributed by atoms with Crippen LogP contribution in [0.25, 0.3) is 0 Å². The molecule has 28 heavy (non-hydrogen) atoms. The van der Waals surface area contributed by atoms with Gasteiger partial charge in [-0.1, -0.05) is 19.9 Å². The molecule has 0 fully saturated rings. The number of nitrogens with one attached hydrogen (secondary N) is 2. The van der Waals surface area contributed by atoms with E-state index in [4.69, 9.17) is 0 Å². The van der Waals surface area contributed by atoms with E-state index in [2.05, 4.69) is 10.6 Å². The molecular formula is C20H29N3O4S. The molecule has 7 nitrogen and oxygen atoms in total. The molecule has 1 heterocycles. The van der Waals surface area contributed by atoms with Crippen molar-refractivity contribution in [2.24, 2.45) is 5.92 Å². The highest BCUT2D eigenvalue weighted by molar-refractivity contribution is 7.98. The monoisotopic (exact) mass is 407 g/mol. The fourth-order valence-corrected chi connectivity index (χ4v) is 3.82. The summed E-state index contributed by atoms with van der Waals surface area (Å²) >= 11 is 1.45. The van der Waals surface area contributed by atoms with Gasteiger partial charge < -0.3 is 20.6 Å². The summed E-state index contributed by atoms with van der Waals surface area (Å²) in [6.45, 7) is 5.95.